The first-order valence-corrected chi connectivity index (χ1v) is 8.10. The molecule has 1 saturated heterocycles. The third-order valence-electron chi connectivity index (χ3n) is 4.03. The summed E-state index contributed by atoms with van der Waals surface area (Å²) in [5.74, 6) is 0.580. The van der Waals surface area contributed by atoms with Gasteiger partial charge >= 0.3 is 0 Å². The van der Waals surface area contributed by atoms with Crippen LogP contribution in [0.1, 0.15) is 49.9 Å². The van der Waals surface area contributed by atoms with Crippen LogP contribution in [0.25, 0.3) is 0 Å². The van der Waals surface area contributed by atoms with E-state index in [9.17, 15) is 0 Å². The van der Waals surface area contributed by atoms with Gasteiger partial charge in [-0.3, -0.25) is 0 Å². The summed E-state index contributed by atoms with van der Waals surface area (Å²) in [6.45, 7) is 5.56. The highest BCUT2D eigenvalue weighted by Gasteiger charge is 2.28. The second-order valence-electron chi connectivity index (χ2n) is 5.71. The van der Waals surface area contributed by atoms with Crippen molar-refractivity contribution in [2.75, 3.05) is 17.2 Å². The number of aromatic nitrogens is 1. The lowest BCUT2D eigenvalue weighted by molar-refractivity contribution is 0.700. The van der Waals surface area contributed by atoms with Crippen LogP contribution in [0.3, 0.4) is 0 Å². The van der Waals surface area contributed by atoms with Gasteiger partial charge in [-0.2, -0.15) is 0 Å². The van der Waals surface area contributed by atoms with Gasteiger partial charge in [0, 0.05) is 17.6 Å². The van der Waals surface area contributed by atoms with E-state index in [0.717, 1.165) is 18.7 Å². The molecule has 1 atom stereocenters. The van der Waals surface area contributed by atoms with E-state index in [1.807, 2.05) is 0 Å². The maximum atomic E-state index is 5.77. The second-order valence-corrected chi connectivity index (χ2v) is 6.60. The molecule has 0 spiro atoms. The Balaban J connectivity index is 1.85. The van der Waals surface area contributed by atoms with Gasteiger partial charge in [-0.05, 0) is 36.5 Å². The maximum Gasteiger partial charge on any atom is 0.180 e. The fourth-order valence-electron chi connectivity index (χ4n) is 2.89. The molecule has 0 saturated carbocycles. The number of nitrogens with zero attached hydrogens (tertiary/aromatic N) is 2. The number of benzene rings is 1. The zero-order valence-corrected chi connectivity index (χ0v) is 12.9. The Hall–Kier alpha value is -1.55. The van der Waals surface area contributed by atoms with Crippen molar-refractivity contribution in [1.29, 1.82) is 0 Å². The predicted molar refractivity (Wildman–Crippen MR) is 86.4 cm³/mol. The van der Waals surface area contributed by atoms with Crippen LogP contribution in [0.4, 0.5) is 10.8 Å². The van der Waals surface area contributed by atoms with Crippen molar-refractivity contribution >= 4 is 22.2 Å². The molecule has 0 bridgehead atoms. The van der Waals surface area contributed by atoms with Crippen LogP contribution in [-0.4, -0.2) is 11.5 Å². The van der Waals surface area contributed by atoms with Gasteiger partial charge < -0.3 is 10.6 Å². The minimum absolute atomic E-state index is 0.383. The summed E-state index contributed by atoms with van der Waals surface area (Å²) >= 11 is 1.53. The van der Waals surface area contributed by atoms with E-state index in [2.05, 4.69) is 53.4 Å². The van der Waals surface area contributed by atoms with Crippen molar-refractivity contribution in [2.24, 2.45) is 0 Å². The van der Waals surface area contributed by atoms with E-state index < -0.39 is 0 Å². The quantitative estimate of drug-likeness (QED) is 0.920. The van der Waals surface area contributed by atoms with Crippen molar-refractivity contribution in [3.8, 4) is 0 Å². The van der Waals surface area contributed by atoms with Gasteiger partial charge in [-0.25, -0.2) is 4.98 Å². The van der Waals surface area contributed by atoms with Crippen molar-refractivity contribution < 1.29 is 0 Å². The highest BCUT2D eigenvalue weighted by atomic mass is 32.1. The molecule has 1 aliphatic heterocycles. The number of hydrogen-bond donors (Lipinski definition) is 1. The molecule has 1 fully saturated rings. The van der Waals surface area contributed by atoms with E-state index in [4.69, 9.17) is 5.73 Å². The average molecular weight is 287 g/mol. The predicted octanol–water partition coefficient (Wildman–Crippen LogP) is 4.19. The normalized spacial score (nSPS) is 18.9. The van der Waals surface area contributed by atoms with Crippen LogP contribution in [0.5, 0.6) is 0 Å². The molecule has 2 aromatic rings. The van der Waals surface area contributed by atoms with Gasteiger partial charge in [-0.1, -0.05) is 26.0 Å². The Morgan fingerprint density at radius 1 is 1.30 bits per heavy atom. The molecule has 4 heteroatoms. The molecular weight excluding hydrogens is 266 g/mol. The SMILES string of the molecule is CC(C)c1ccc(N2CCC[C@@H]2c2csc(N)n2)cc1. The molecule has 1 aromatic heterocycles. The lowest BCUT2D eigenvalue weighted by Gasteiger charge is -2.26. The first-order chi connectivity index (χ1) is 9.65. The molecule has 1 aliphatic rings. The Labute approximate surface area is 124 Å². The van der Waals surface area contributed by atoms with Crippen molar-refractivity contribution in [3.05, 3.63) is 40.9 Å². The standard InChI is InChI=1S/C16H21N3S/c1-11(2)12-5-7-13(8-6-12)19-9-3-4-15(19)14-10-20-16(17)18-14/h5-8,10-11,15H,3-4,9H2,1-2H3,(H2,17,18)/t15-/m1/s1. The molecule has 1 aromatic carbocycles. The first kappa shape index (κ1) is 13.4. The van der Waals surface area contributed by atoms with Crippen LogP contribution in [0.2, 0.25) is 0 Å². The number of hydrogen-bond acceptors (Lipinski definition) is 4. The number of nitrogen functional groups attached to an aromatic ring is 1. The van der Waals surface area contributed by atoms with Gasteiger partial charge in [0.1, 0.15) is 0 Å². The molecule has 0 radical (unpaired) electrons. The molecule has 0 amide bonds. The van der Waals surface area contributed by atoms with Crippen LogP contribution in [-0.2, 0) is 0 Å². The molecule has 106 valence electrons. The smallest absolute Gasteiger partial charge is 0.180 e. The van der Waals surface area contributed by atoms with Gasteiger partial charge in [0.2, 0.25) is 0 Å². The van der Waals surface area contributed by atoms with E-state index in [1.54, 1.807) is 0 Å². The number of rotatable bonds is 3. The maximum absolute atomic E-state index is 5.77. The second kappa shape index (κ2) is 5.44. The highest BCUT2D eigenvalue weighted by Crippen LogP contribution is 2.37. The van der Waals surface area contributed by atoms with Crippen LogP contribution in [0.15, 0.2) is 29.6 Å². The zero-order valence-electron chi connectivity index (χ0n) is 12.0. The zero-order chi connectivity index (χ0) is 14.1. The molecule has 2 N–H and O–H groups in total. The summed E-state index contributed by atoms with van der Waals surface area (Å²) < 4.78 is 0. The lowest BCUT2D eigenvalue weighted by Crippen LogP contribution is -2.22. The van der Waals surface area contributed by atoms with Crippen LogP contribution in [0, 0.1) is 0 Å². The number of thiazole rings is 1. The first-order valence-electron chi connectivity index (χ1n) is 7.22. The van der Waals surface area contributed by atoms with Gasteiger partial charge in [0.05, 0.1) is 11.7 Å². The average Bonchev–Trinajstić information content (AvgIpc) is 3.07. The van der Waals surface area contributed by atoms with Crippen molar-refractivity contribution in [3.63, 3.8) is 0 Å². The minimum atomic E-state index is 0.383. The summed E-state index contributed by atoms with van der Waals surface area (Å²) in [5, 5.41) is 2.77. The molecular formula is C16H21N3S. The van der Waals surface area contributed by atoms with E-state index >= 15 is 0 Å². The Bertz CT molecular complexity index is 574. The summed E-state index contributed by atoms with van der Waals surface area (Å²) in [6.07, 6.45) is 2.38. The Morgan fingerprint density at radius 3 is 2.65 bits per heavy atom. The van der Waals surface area contributed by atoms with Gasteiger partial charge in [-0.15, -0.1) is 11.3 Å². The third kappa shape index (κ3) is 2.52. The van der Waals surface area contributed by atoms with Crippen LogP contribution >= 0.6 is 11.3 Å². The number of nitrogens with two attached hydrogens (primary N) is 1. The Kier molecular flexibility index (Phi) is 3.66. The Morgan fingerprint density at radius 2 is 2.05 bits per heavy atom. The van der Waals surface area contributed by atoms with E-state index in [0.29, 0.717) is 17.1 Å². The van der Waals surface area contributed by atoms with Crippen LogP contribution < -0.4 is 10.6 Å². The molecule has 2 heterocycles. The summed E-state index contributed by atoms with van der Waals surface area (Å²) in [4.78, 5) is 6.93. The molecule has 0 unspecified atom stereocenters. The lowest BCUT2D eigenvalue weighted by atomic mass is 10.0. The topological polar surface area (TPSA) is 42.1 Å². The largest absolute Gasteiger partial charge is 0.375 e. The summed E-state index contributed by atoms with van der Waals surface area (Å²) in [7, 11) is 0. The number of anilines is 2. The summed E-state index contributed by atoms with van der Waals surface area (Å²) in [5.41, 5.74) is 9.58. The van der Waals surface area contributed by atoms with Crippen molar-refractivity contribution in [1.82, 2.24) is 4.98 Å². The summed E-state index contributed by atoms with van der Waals surface area (Å²) in [6, 6.07) is 9.34. The van der Waals surface area contributed by atoms with Gasteiger partial charge in [0.25, 0.3) is 0 Å². The third-order valence-corrected chi connectivity index (χ3v) is 4.72. The van der Waals surface area contributed by atoms with Gasteiger partial charge in [0.15, 0.2) is 5.13 Å². The molecule has 3 nitrogen and oxygen atoms in total. The fourth-order valence-corrected chi connectivity index (χ4v) is 3.50. The van der Waals surface area contributed by atoms with E-state index in [1.165, 1.54) is 29.0 Å². The highest BCUT2D eigenvalue weighted by molar-refractivity contribution is 7.13. The molecule has 3 rings (SSSR count). The van der Waals surface area contributed by atoms with E-state index in [-0.39, 0.29) is 0 Å². The molecule has 0 aliphatic carbocycles. The fraction of sp³-hybridized carbons (Fsp3) is 0.438. The molecule has 20 heavy (non-hydrogen) atoms. The monoisotopic (exact) mass is 287 g/mol. The minimum Gasteiger partial charge on any atom is -0.375 e. The van der Waals surface area contributed by atoms with Crippen molar-refractivity contribution in [2.45, 2.75) is 38.6 Å².